The molecule has 20 heavy (non-hydrogen) atoms. The van der Waals surface area contributed by atoms with Crippen LogP contribution in [0.1, 0.15) is 0 Å². The molecule has 0 N–H and O–H groups in total. The van der Waals surface area contributed by atoms with Gasteiger partial charge in [-0.15, -0.1) is 0 Å². The van der Waals surface area contributed by atoms with Gasteiger partial charge in [-0.2, -0.15) is 4.98 Å². The van der Waals surface area contributed by atoms with Crippen LogP contribution in [0.2, 0.25) is 15.3 Å². The van der Waals surface area contributed by atoms with E-state index in [1.807, 2.05) is 0 Å². The largest absolute Gasteiger partial charge is 0.430 e. The fourth-order valence-electron chi connectivity index (χ4n) is 1.25. The van der Waals surface area contributed by atoms with E-state index >= 15 is 0 Å². The Bertz CT molecular complexity index is 699. The molecule has 2 aromatic rings. The lowest BCUT2D eigenvalue weighted by Crippen LogP contribution is -1.96. The number of hydrogen-bond donors (Lipinski definition) is 0. The number of benzene rings is 1. The zero-order valence-corrected chi connectivity index (χ0v) is 13.2. The summed E-state index contributed by atoms with van der Waals surface area (Å²) < 4.78 is 5.73. The first-order valence-corrected chi connectivity index (χ1v) is 6.80. The summed E-state index contributed by atoms with van der Waals surface area (Å²) in [5.41, 5.74) is -0.346. The normalized spacial score (nSPS) is 10.4. The van der Waals surface area contributed by atoms with Crippen molar-refractivity contribution in [2.45, 2.75) is 0 Å². The van der Waals surface area contributed by atoms with Crippen molar-refractivity contribution < 1.29 is 9.66 Å². The molecule has 10 heteroatoms. The molecule has 0 aliphatic heterocycles. The van der Waals surface area contributed by atoms with E-state index in [1.165, 1.54) is 12.3 Å². The monoisotopic (exact) mass is 397 g/mol. The molecular weight excluding hydrogens is 396 g/mol. The SMILES string of the molecule is O=[N+]([O-])c1cc(Cl)c(Cl)cc1Oc1nc(Cl)ncc1Br. The summed E-state index contributed by atoms with van der Waals surface area (Å²) in [5, 5.41) is 11.1. The first-order valence-electron chi connectivity index (χ1n) is 4.88. The van der Waals surface area contributed by atoms with Crippen molar-refractivity contribution in [2.24, 2.45) is 0 Å². The van der Waals surface area contributed by atoms with Crippen LogP contribution in [0.15, 0.2) is 22.8 Å². The van der Waals surface area contributed by atoms with E-state index < -0.39 is 4.92 Å². The maximum atomic E-state index is 11.0. The molecule has 6 nitrogen and oxygen atoms in total. The van der Waals surface area contributed by atoms with Crippen LogP contribution in [-0.2, 0) is 0 Å². The predicted molar refractivity (Wildman–Crippen MR) is 77.9 cm³/mol. The third kappa shape index (κ3) is 3.29. The van der Waals surface area contributed by atoms with E-state index in [0.29, 0.717) is 4.47 Å². The number of nitrogens with zero attached hydrogens (tertiary/aromatic N) is 3. The quantitative estimate of drug-likeness (QED) is 0.417. The Kier molecular flexibility index (Phi) is 4.64. The fraction of sp³-hybridized carbons (Fsp3) is 0. The standard InChI is InChI=1S/C10H3BrCl3N3O3/c11-4-3-15-10(14)16-9(4)20-8-2-6(13)5(12)1-7(8)17(18)19/h1-3H. The van der Waals surface area contributed by atoms with Crippen LogP contribution in [0.4, 0.5) is 5.69 Å². The van der Waals surface area contributed by atoms with Gasteiger partial charge in [0.25, 0.3) is 0 Å². The number of hydrogen-bond acceptors (Lipinski definition) is 5. The van der Waals surface area contributed by atoms with E-state index in [9.17, 15) is 10.1 Å². The average Bonchev–Trinajstić information content (AvgIpc) is 2.37. The van der Waals surface area contributed by atoms with Crippen LogP contribution in [0.5, 0.6) is 11.6 Å². The maximum absolute atomic E-state index is 11.0. The molecule has 0 aliphatic carbocycles. The lowest BCUT2D eigenvalue weighted by molar-refractivity contribution is -0.385. The maximum Gasteiger partial charge on any atom is 0.313 e. The van der Waals surface area contributed by atoms with Crippen molar-refractivity contribution in [3.05, 3.63) is 48.2 Å². The van der Waals surface area contributed by atoms with E-state index in [0.717, 1.165) is 6.07 Å². The Morgan fingerprint density at radius 2 is 1.90 bits per heavy atom. The minimum atomic E-state index is -0.645. The highest BCUT2D eigenvalue weighted by molar-refractivity contribution is 9.10. The molecule has 0 saturated heterocycles. The van der Waals surface area contributed by atoms with Gasteiger partial charge in [-0.3, -0.25) is 10.1 Å². The van der Waals surface area contributed by atoms with Gasteiger partial charge < -0.3 is 4.74 Å². The summed E-state index contributed by atoms with van der Waals surface area (Å²) in [5.74, 6) is -0.0913. The highest BCUT2D eigenvalue weighted by Crippen LogP contribution is 2.39. The van der Waals surface area contributed by atoms with Crippen molar-refractivity contribution in [1.82, 2.24) is 9.97 Å². The van der Waals surface area contributed by atoms with Gasteiger partial charge in [0.1, 0.15) is 0 Å². The number of rotatable bonds is 3. The summed E-state index contributed by atoms with van der Waals surface area (Å²) in [4.78, 5) is 17.9. The summed E-state index contributed by atoms with van der Waals surface area (Å²) in [7, 11) is 0. The topological polar surface area (TPSA) is 78.2 Å². The van der Waals surface area contributed by atoms with Crippen LogP contribution in [0.3, 0.4) is 0 Å². The molecule has 0 amide bonds. The van der Waals surface area contributed by atoms with Crippen molar-refractivity contribution in [3.63, 3.8) is 0 Å². The summed E-state index contributed by atoms with van der Waals surface area (Å²) in [6.45, 7) is 0. The second-order valence-electron chi connectivity index (χ2n) is 3.39. The first-order chi connectivity index (χ1) is 9.38. The third-order valence-electron chi connectivity index (χ3n) is 2.09. The molecule has 0 radical (unpaired) electrons. The van der Waals surface area contributed by atoms with Crippen molar-refractivity contribution in [3.8, 4) is 11.6 Å². The number of nitro groups is 1. The van der Waals surface area contributed by atoms with Crippen molar-refractivity contribution in [2.75, 3.05) is 0 Å². The van der Waals surface area contributed by atoms with Crippen LogP contribution in [0.25, 0.3) is 0 Å². The minimum Gasteiger partial charge on any atom is -0.430 e. The van der Waals surface area contributed by atoms with Crippen LogP contribution >= 0.6 is 50.7 Å². The average molecular weight is 399 g/mol. The molecule has 0 aliphatic rings. The van der Waals surface area contributed by atoms with Gasteiger partial charge in [0.05, 0.1) is 19.4 Å². The van der Waals surface area contributed by atoms with Gasteiger partial charge in [-0.05, 0) is 27.5 Å². The number of aromatic nitrogens is 2. The molecule has 0 atom stereocenters. The van der Waals surface area contributed by atoms with Gasteiger partial charge in [-0.25, -0.2) is 4.98 Å². The molecule has 104 valence electrons. The summed E-state index contributed by atoms with van der Waals surface area (Å²) in [6, 6.07) is 2.32. The number of ether oxygens (including phenoxy) is 1. The van der Waals surface area contributed by atoms with Crippen LogP contribution in [-0.4, -0.2) is 14.9 Å². The Balaban J connectivity index is 2.50. The smallest absolute Gasteiger partial charge is 0.313 e. The lowest BCUT2D eigenvalue weighted by Gasteiger charge is -2.08. The second-order valence-corrected chi connectivity index (χ2v) is 5.39. The van der Waals surface area contributed by atoms with E-state index in [2.05, 4.69) is 25.9 Å². The van der Waals surface area contributed by atoms with Crippen LogP contribution < -0.4 is 4.74 Å². The fourth-order valence-corrected chi connectivity index (χ4v) is 1.96. The molecule has 2 rings (SSSR count). The van der Waals surface area contributed by atoms with E-state index in [1.54, 1.807) is 0 Å². The molecular formula is C10H3BrCl3N3O3. The second kappa shape index (κ2) is 6.09. The molecule has 0 spiro atoms. The number of halogens is 4. The lowest BCUT2D eigenvalue weighted by atomic mass is 10.3. The summed E-state index contributed by atoms with van der Waals surface area (Å²) >= 11 is 20.3. The molecule has 0 fully saturated rings. The third-order valence-corrected chi connectivity index (χ3v) is 3.54. The Morgan fingerprint density at radius 1 is 1.25 bits per heavy atom. The van der Waals surface area contributed by atoms with Gasteiger partial charge in [-0.1, -0.05) is 23.2 Å². The highest BCUT2D eigenvalue weighted by atomic mass is 79.9. The molecule has 1 aromatic heterocycles. The van der Waals surface area contributed by atoms with Gasteiger partial charge >= 0.3 is 5.69 Å². The zero-order chi connectivity index (χ0) is 14.9. The number of nitro benzene ring substituents is 1. The molecule has 0 unspecified atom stereocenters. The summed E-state index contributed by atoms with van der Waals surface area (Å²) in [6.07, 6.45) is 1.36. The van der Waals surface area contributed by atoms with Gasteiger partial charge in [0.15, 0.2) is 0 Å². The van der Waals surface area contributed by atoms with E-state index in [4.69, 9.17) is 39.5 Å². The molecule has 0 bridgehead atoms. The highest BCUT2D eigenvalue weighted by Gasteiger charge is 2.20. The van der Waals surface area contributed by atoms with Crippen LogP contribution in [0, 0.1) is 10.1 Å². The van der Waals surface area contributed by atoms with Gasteiger partial charge in [0, 0.05) is 18.3 Å². The van der Waals surface area contributed by atoms with E-state index in [-0.39, 0.29) is 32.6 Å². The van der Waals surface area contributed by atoms with Crippen molar-refractivity contribution >= 4 is 56.4 Å². The first kappa shape index (κ1) is 15.2. The Hall–Kier alpha value is -1.15. The zero-order valence-electron chi connectivity index (χ0n) is 9.31. The predicted octanol–water partition coefficient (Wildman–Crippen LogP) is 4.90. The molecule has 1 heterocycles. The molecule has 1 aromatic carbocycles. The Morgan fingerprint density at radius 3 is 2.55 bits per heavy atom. The van der Waals surface area contributed by atoms with Crippen molar-refractivity contribution in [1.29, 1.82) is 0 Å². The minimum absolute atomic E-state index is 0.0199. The van der Waals surface area contributed by atoms with Gasteiger partial charge in [0.2, 0.25) is 16.9 Å². The Labute approximate surface area is 135 Å². The molecule has 0 saturated carbocycles.